The van der Waals surface area contributed by atoms with Crippen LogP contribution in [-0.2, 0) is 4.79 Å². The molecule has 4 atom stereocenters. The summed E-state index contributed by atoms with van der Waals surface area (Å²) in [7, 11) is 0. The number of nitriles is 1. The van der Waals surface area contributed by atoms with E-state index in [9.17, 15) is 18.8 Å². The molecule has 170 valence electrons. The van der Waals surface area contributed by atoms with Gasteiger partial charge in [0.2, 0.25) is 5.91 Å². The molecule has 32 heavy (non-hydrogen) atoms. The highest BCUT2D eigenvalue weighted by Crippen LogP contribution is 2.52. The maximum Gasteiger partial charge on any atom is 0.229 e. The molecule has 2 aliphatic rings. The smallest absolute Gasteiger partial charge is 0.229 e. The van der Waals surface area contributed by atoms with Gasteiger partial charge in [0, 0.05) is 19.3 Å². The zero-order valence-electron chi connectivity index (χ0n) is 18.9. The van der Waals surface area contributed by atoms with Gasteiger partial charge in [0.25, 0.3) is 0 Å². The fraction of sp³-hybridized carbons (Fsp3) is 0.520. The van der Waals surface area contributed by atoms with Crippen molar-refractivity contribution in [2.45, 2.75) is 40.0 Å². The van der Waals surface area contributed by atoms with Crippen LogP contribution in [0.1, 0.15) is 45.6 Å². The molecule has 1 heterocycles. The summed E-state index contributed by atoms with van der Waals surface area (Å²) in [4.78, 5) is 15.4. The van der Waals surface area contributed by atoms with Crippen LogP contribution in [0, 0.1) is 52.1 Å². The highest BCUT2D eigenvalue weighted by Gasteiger charge is 2.52. The Bertz CT molecular complexity index is 960. The molecular formula is C25H30F2N4O. The first kappa shape index (κ1) is 23.8. The number of likely N-dealkylation sites (tertiary alicyclic amines) is 1. The van der Waals surface area contributed by atoms with Gasteiger partial charge >= 0.3 is 0 Å². The Hall–Kier alpha value is -2.88. The van der Waals surface area contributed by atoms with Gasteiger partial charge in [-0.1, -0.05) is 39.5 Å². The van der Waals surface area contributed by atoms with Crippen LogP contribution in [-0.4, -0.2) is 23.9 Å². The number of halogens is 2. The Morgan fingerprint density at radius 1 is 1.34 bits per heavy atom. The number of hydrogen-bond donors (Lipinski definition) is 0. The molecule has 1 saturated carbocycles. The standard InChI is InChI=1S/C25H30F2N4O/c1-5-29-30-22(23-20(26)7-6-8-21(23)27)13-19-18(16(2)3)9-11-25(19,4)24(32)31-12-10-17(14-28)15-31/h5-8,13,16-19H,1,9-12,15H2,2-4H3/b22-13-,30-29-/t17?,18-,19?,25-/m0/s1. The number of nitrogens with zero attached hydrogens (tertiary/aromatic N) is 4. The zero-order valence-corrected chi connectivity index (χ0v) is 18.9. The highest BCUT2D eigenvalue weighted by atomic mass is 19.1. The summed E-state index contributed by atoms with van der Waals surface area (Å²) >= 11 is 0. The van der Waals surface area contributed by atoms with E-state index >= 15 is 0 Å². The second-order valence-electron chi connectivity index (χ2n) is 9.30. The lowest BCUT2D eigenvalue weighted by Crippen LogP contribution is -2.44. The lowest BCUT2D eigenvalue weighted by molar-refractivity contribution is -0.141. The first-order valence-electron chi connectivity index (χ1n) is 11.1. The third-order valence-electron chi connectivity index (χ3n) is 7.00. The minimum absolute atomic E-state index is 0.00587. The average molecular weight is 441 g/mol. The molecule has 0 spiro atoms. The third-order valence-corrected chi connectivity index (χ3v) is 7.00. The van der Waals surface area contributed by atoms with E-state index in [4.69, 9.17) is 0 Å². The third kappa shape index (κ3) is 4.50. The number of hydrogen-bond acceptors (Lipinski definition) is 4. The van der Waals surface area contributed by atoms with Crippen LogP contribution < -0.4 is 0 Å². The molecule has 3 rings (SSSR count). The van der Waals surface area contributed by atoms with Crippen LogP contribution in [0.25, 0.3) is 5.70 Å². The van der Waals surface area contributed by atoms with Crippen molar-refractivity contribution in [3.05, 3.63) is 54.3 Å². The predicted molar refractivity (Wildman–Crippen MR) is 119 cm³/mol. The lowest BCUT2D eigenvalue weighted by Gasteiger charge is -2.35. The van der Waals surface area contributed by atoms with Gasteiger partial charge in [-0.05, 0) is 49.1 Å². The van der Waals surface area contributed by atoms with E-state index in [-0.39, 0.29) is 40.8 Å². The Morgan fingerprint density at radius 2 is 2.03 bits per heavy atom. The maximum absolute atomic E-state index is 14.6. The van der Waals surface area contributed by atoms with Crippen LogP contribution >= 0.6 is 0 Å². The molecular weight excluding hydrogens is 410 g/mol. The quantitative estimate of drug-likeness (QED) is 0.512. The van der Waals surface area contributed by atoms with Crippen LogP contribution in [0.15, 0.2) is 47.3 Å². The number of benzene rings is 1. The van der Waals surface area contributed by atoms with E-state index in [0.717, 1.165) is 6.42 Å². The second kappa shape index (κ2) is 9.72. The minimum atomic E-state index is -0.754. The second-order valence-corrected chi connectivity index (χ2v) is 9.30. The minimum Gasteiger partial charge on any atom is -0.341 e. The predicted octanol–water partition coefficient (Wildman–Crippen LogP) is 5.96. The van der Waals surface area contributed by atoms with E-state index in [0.29, 0.717) is 25.9 Å². The number of carbonyl (C=O) groups is 1. The summed E-state index contributed by atoms with van der Waals surface area (Å²) in [6.45, 7) is 10.6. The molecule has 1 aromatic rings. The highest BCUT2D eigenvalue weighted by molar-refractivity contribution is 5.84. The first-order valence-corrected chi connectivity index (χ1v) is 11.1. The van der Waals surface area contributed by atoms with Gasteiger partial charge in [-0.2, -0.15) is 15.5 Å². The SMILES string of the molecule is C=C/N=N\C(=C/C1[C@H](C(C)C)CC[C@]1(C)C(=O)N1CCC(C#N)C1)c1c(F)cccc1F. The number of amides is 1. The molecule has 1 amide bonds. The van der Waals surface area contributed by atoms with Gasteiger partial charge in [0.15, 0.2) is 0 Å². The summed E-state index contributed by atoms with van der Waals surface area (Å²) in [5.41, 5.74) is -0.947. The van der Waals surface area contributed by atoms with Gasteiger partial charge in [-0.3, -0.25) is 4.79 Å². The topological polar surface area (TPSA) is 68.8 Å². The van der Waals surface area contributed by atoms with Gasteiger partial charge in [0.05, 0.1) is 28.7 Å². The number of carbonyl (C=O) groups excluding carboxylic acids is 1. The maximum atomic E-state index is 14.6. The van der Waals surface area contributed by atoms with Crippen LogP contribution in [0.4, 0.5) is 8.78 Å². The summed E-state index contributed by atoms with van der Waals surface area (Å²) in [6, 6.07) is 5.92. The van der Waals surface area contributed by atoms with Gasteiger partial charge in [-0.25, -0.2) is 8.78 Å². The van der Waals surface area contributed by atoms with Crippen molar-refractivity contribution in [3.63, 3.8) is 0 Å². The summed E-state index contributed by atoms with van der Waals surface area (Å²) in [5.74, 6) is -1.50. The summed E-state index contributed by atoms with van der Waals surface area (Å²) in [5, 5.41) is 17.1. The van der Waals surface area contributed by atoms with E-state index < -0.39 is 17.0 Å². The fourth-order valence-electron chi connectivity index (χ4n) is 5.18. The van der Waals surface area contributed by atoms with E-state index in [1.54, 1.807) is 11.0 Å². The lowest BCUT2D eigenvalue weighted by atomic mass is 9.72. The van der Waals surface area contributed by atoms with Crippen LogP contribution in [0.5, 0.6) is 0 Å². The van der Waals surface area contributed by atoms with Crippen molar-refractivity contribution < 1.29 is 13.6 Å². The van der Waals surface area contributed by atoms with E-state index in [1.165, 1.54) is 24.4 Å². The van der Waals surface area contributed by atoms with Crippen LogP contribution in [0.2, 0.25) is 0 Å². The van der Waals surface area contributed by atoms with Gasteiger partial charge in [0.1, 0.15) is 11.6 Å². The molecule has 1 aromatic carbocycles. The first-order chi connectivity index (χ1) is 15.2. The Balaban J connectivity index is 2.08. The largest absolute Gasteiger partial charge is 0.341 e. The molecule has 2 unspecified atom stereocenters. The molecule has 0 radical (unpaired) electrons. The molecule has 2 fully saturated rings. The molecule has 1 aliphatic carbocycles. The Labute approximate surface area is 188 Å². The van der Waals surface area contributed by atoms with Gasteiger partial charge in [-0.15, -0.1) is 0 Å². The summed E-state index contributed by atoms with van der Waals surface area (Å²) < 4.78 is 29.2. The number of azo groups is 1. The Kier molecular flexibility index (Phi) is 7.22. The molecule has 1 aliphatic heterocycles. The van der Waals surface area contributed by atoms with E-state index in [2.05, 4.69) is 36.7 Å². The summed E-state index contributed by atoms with van der Waals surface area (Å²) in [6.07, 6.45) is 5.09. The van der Waals surface area contributed by atoms with Gasteiger partial charge < -0.3 is 4.90 Å². The zero-order chi connectivity index (χ0) is 23.5. The average Bonchev–Trinajstić information content (AvgIpc) is 3.36. The van der Waals surface area contributed by atoms with Crippen molar-refractivity contribution in [1.82, 2.24) is 4.90 Å². The number of rotatable bonds is 6. The van der Waals surface area contributed by atoms with Crippen molar-refractivity contribution >= 4 is 11.6 Å². The molecule has 0 aromatic heterocycles. The molecule has 0 bridgehead atoms. The van der Waals surface area contributed by atoms with Crippen molar-refractivity contribution in [2.75, 3.05) is 13.1 Å². The molecule has 5 nitrogen and oxygen atoms in total. The van der Waals surface area contributed by atoms with E-state index in [1.807, 2.05) is 6.92 Å². The molecule has 1 saturated heterocycles. The Morgan fingerprint density at radius 3 is 2.59 bits per heavy atom. The van der Waals surface area contributed by atoms with Crippen molar-refractivity contribution in [1.29, 1.82) is 5.26 Å². The number of allylic oxidation sites excluding steroid dienone is 1. The molecule has 7 heteroatoms. The normalized spacial score (nSPS) is 28.5. The fourth-order valence-corrected chi connectivity index (χ4v) is 5.18. The van der Waals surface area contributed by atoms with Crippen molar-refractivity contribution in [2.24, 2.45) is 39.3 Å². The van der Waals surface area contributed by atoms with Crippen molar-refractivity contribution in [3.8, 4) is 6.07 Å². The molecule has 0 N–H and O–H groups in total. The van der Waals surface area contributed by atoms with Crippen LogP contribution in [0.3, 0.4) is 0 Å². The monoisotopic (exact) mass is 440 g/mol.